The summed E-state index contributed by atoms with van der Waals surface area (Å²) in [5.41, 5.74) is -0.178. The summed E-state index contributed by atoms with van der Waals surface area (Å²) in [6.07, 6.45) is 5.68. The number of benzene rings is 2. The number of amides is 2. The molecule has 20 nitrogen and oxygen atoms in total. The molecule has 4 fully saturated rings. The fourth-order valence-electron chi connectivity index (χ4n) is 9.04. The van der Waals surface area contributed by atoms with Crippen LogP contribution in [0.4, 0.5) is 48.0 Å². The number of aromatic nitrogens is 6. The summed E-state index contributed by atoms with van der Waals surface area (Å²) >= 11 is 11.5. The molecule has 0 spiro atoms. The second-order valence-corrected chi connectivity index (χ2v) is 22.0. The van der Waals surface area contributed by atoms with Crippen LogP contribution in [0.5, 0.6) is 11.8 Å². The highest BCUT2D eigenvalue weighted by molar-refractivity contribution is 7.81. The van der Waals surface area contributed by atoms with Crippen molar-refractivity contribution in [3.05, 3.63) is 106 Å². The second kappa shape index (κ2) is 21.2. The second-order valence-electron chi connectivity index (χ2n) is 21.2. The highest BCUT2D eigenvalue weighted by Gasteiger charge is 2.52. The minimum atomic E-state index is -1.19. The number of aliphatic hydroxyl groups excluding tert-OH is 1. The minimum absolute atomic E-state index is 0.00506. The Morgan fingerprint density at radius 1 is 0.684 bits per heavy atom. The van der Waals surface area contributed by atoms with Crippen LogP contribution >= 0.6 is 24.4 Å². The van der Waals surface area contributed by atoms with Crippen LogP contribution in [0.3, 0.4) is 0 Å². The van der Waals surface area contributed by atoms with E-state index in [0.717, 1.165) is 25.7 Å². The first-order valence-corrected chi connectivity index (χ1v) is 26.0. The minimum Gasteiger partial charge on any atom is -0.475 e. The van der Waals surface area contributed by atoms with Crippen molar-refractivity contribution in [1.82, 2.24) is 29.9 Å². The zero-order valence-corrected chi connectivity index (χ0v) is 46.3. The molecule has 2 aliphatic heterocycles. The summed E-state index contributed by atoms with van der Waals surface area (Å²) in [5.74, 6) is 0.176. The van der Waals surface area contributed by atoms with Gasteiger partial charge in [-0.1, -0.05) is 13.1 Å². The topological polar surface area (TPSA) is 207 Å². The Hall–Kier alpha value is -8.19. The van der Waals surface area contributed by atoms with Crippen LogP contribution in [-0.2, 0) is 19.1 Å². The Kier molecular flexibility index (Phi) is 14.9. The van der Waals surface area contributed by atoms with Gasteiger partial charge in [0.1, 0.15) is 71.6 Å². The average molecular weight is 1110 g/mol. The molecular formula is C55H54F2N12O8S2. The van der Waals surface area contributed by atoms with E-state index in [4.69, 9.17) is 56.5 Å². The molecule has 0 bridgehead atoms. The quantitative estimate of drug-likeness (QED) is 0.0494. The van der Waals surface area contributed by atoms with E-state index in [0.29, 0.717) is 50.9 Å². The zero-order valence-electron chi connectivity index (χ0n) is 44.7. The summed E-state index contributed by atoms with van der Waals surface area (Å²) in [7, 11) is 0. The number of hydrogen-bond acceptors (Lipinski definition) is 16. The Morgan fingerprint density at radius 2 is 1.10 bits per heavy atom. The maximum absolute atomic E-state index is 15.8. The van der Waals surface area contributed by atoms with Gasteiger partial charge in [-0.2, -0.15) is 9.97 Å². The van der Waals surface area contributed by atoms with Gasteiger partial charge in [-0.3, -0.25) is 19.4 Å². The van der Waals surface area contributed by atoms with E-state index in [1.807, 2.05) is 0 Å². The Morgan fingerprint density at radius 3 is 1.47 bits per heavy atom. The lowest BCUT2D eigenvalue weighted by atomic mass is 10.0. The van der Waals surface area contributed by atoms with Crippen molar-refractivity contribution >= 4 is 109 Å². The van der Waals surface area contributed by atoms with Crippen LogP contribution in [0.1, 0.15) is 109 Å². The van der Waals surface area contributed by atoms with Crippen LogP contribution in [0.15, 0.2) is 48.8 Å². The Balaban J connectivity index is 0.000000195. The standard InChI is InChI=1S/C30H31FN6O5S.C25H23FN6O3S/c1-16-12-19(15-33-23(16)32-7)36-26(38)30(5,6)37(27(36)43)18-13-20-22(21(31)14-18)34-24(17-8-9-17)35-25(20)40-10-11-41-28(39)42-29(2,3)4;1-13-9-16(12-28-20(13)27-4)31-23(34)25(2,3)32(24(31)36)15-10-17-19(18(26)11-15)29-21(14-5-6-14)30-22(17)35-8-7-33/h12-15,17H,8-11H2,1-6H3;9-12,14,33H,5-8H2,1-3H3. The first kappa shape index (κ1) is 55.6. The summed E-state index contributed by atoms with van der Waals surface area (Å²) in [6, 6.07) is 9.23. The van der Waals surface area contributed by atoms with Crippen molar-refractivity contribution in [3.8, 4) is 11.8 Å². The molecule has 2 aromatic carbocycles. The van der Waals surface area contributed by atoms with Gasteiger partial charge in [0, 0.05) is 23.2 Å². The number of nitrogens with zero attached hydrogens (tertiary/aromatic N) is 12. The van der Waals surface area contributed by atoms with E-state index in [2.05, 4.69) is 39.6 Å². The fourth-order valence-corrected chi connectivity index (χ4v) is 10.1. The molecule has 10 rings (SSSR count). The monoisotopic (exact) mass is 1110 g/mol. The van der Waals surface area contributed by atoms with Crippen molar-refractivity contribution in [3.63, 3.8) is 0 Å². The molecule has 2 amide bonds. The first-order valence-electron chi connectivity index (χ1n) is 25.2. The molecule has 6 heterocycles. The molecule has 24 heteroatoms. The van der Waals surface area contributed by atoms with Crippen LogP contribution in [0, 0.1) is 38.6 Å². The number of thiocarbonyl (C=S) groups is 2. The normalized spacial score (nSPS) is 16.7. The van der Waals surface area contributed by atoms with E-state index in [1.165, 1.54) is 34.3 Å². The van der Waals surface area contributed by atoms with Gasteiger partial charge in [0.2, 0.25) is 11.8 Å². The third kappa shape index (κ3) is 10.9. The molecule has 4 aromatic heterocycles. The van der Waals surface area contributed by atoms with Crippen molar-refractivity contribution in [1.29, 1.82) is 0 Å². The molecule has 4 aliphatic rings. The SMILES string of the molecule is [C-]#[N+]c1ncc(N2C(=O)C(C)(C)N(c3cc(F)c4nc(C5CC5)nc(OCCO)c4c3)C2=S)cc1C.[C-]#[N+]c1ncc(N2C(=O)C(C)(C)N(c3cc(F)c4nc(C5CC5)nc(OCCOC(=O)OC(C)(C)C)c4c3)C2=S)cc1C. The maximum Gasteiger partial charge on any atom is 0.508 e. The number of fused-ring (bicyclic) bond motifs is 2. The number of pyridine rings is 2. The summed E-state index contributed by atoms with van der Waals surface area (Å²) < 4.78 is 53.1. The molecule has 0 unspecified atom stereocenters. The summed E-state index contributed by atoms with van der Waals surface area (Å²) in [4.78, 5) is 78.0. The van der Waals surface area contributed by atoms with Gasteiger partial charge in [-0.25, -0.2) is 23.5 Å². The lowest BCUT2D eigenvalue weighted by Gasteiger charge is -2.29. The van der Waals surface area contributed by atoms with Crippen LogP contribution in [-0.4, -0.2) is 106 Å². The van der Waals surface area contributed by atoms with Crippen molar-refractivity contribution in [2.75, 3.05) is 46.0 Å². The van der Waals surface area contributed by atoms with E-state index in [1.54, 1.807) is 96.4 Å². The van der Waals surface area contributed by atoms with Gasteiger partial charge in [-0.15, -0.1) is 9.97 Å². The van der Waals surface area contributed by atoms with Gasteiger partial charge in [0.05, 0.1) is 28.8 Å². The van der Waals surface area contributed by atoms with Gasteiger partial charge >= 0.3 is 6.16 Å². The molecule has 0 radical (unpaired) electrons. The van der Waals surface area contributed by atoms with Crippen LogP contribution < -0.4 is 29.1 Å². The number of anilines is 4. The lowest BCUT2D eigenvalue weighted by molar-refractivity contribution is -0.121. The van der Waals surface area contributed by atoms with E-state index in [9.17, 15) is 19.5 Å². The highest BCUT2D eigenvalue weighted by atomic mass is 32.1. The van der Waals surface area contributed by atoms with Gasteiger partial charge in [0.25, 0.3) is 23.5 Å². The molecule has 2 aliphatic carbocycles. The Labute approximate surface area is 464 Å². The number of hydrogen-bond donors (Lipinski definition) is 1. The number of halogens is 2. The first-order chi connectivity index (χ1) is 37.4. The Bertz CT molecular complexity index is 3630. The van der Waals surface area contributed by atoms with Crippen molar-refractivity contribution in [2.24, 2.45) is 0 Å². The van der Waals surface area contributed by atoms with Crippen molar-refractivity contribution < 1.29 is 47.2 Å². The largest absolute Gasteiger partial charge is 0.508 e. The number of carbonyl (C=O) groups is 3. The van der Waals surface area contributed by atoms with E-state index in [-0.39, 0.29) is 100 Å². The predicted octanol–water partition coefficient (Wildman–Crippen LogP) is 10.3. The molecule has 2 saturated carbocycles. The summed E-state index contributed by atoms with van der Waals surface area (Å²) in [5, 5.41) is 10.1. The zero-order chi connectivity index (χ0) is 57.0. The molecule has 6 aromatic rings. The van der Waals surface area contributed by atoms with Gasteiger partial charge < -0.3 is 43.5 Å². The lowest BCUT2D eigenvalue weighted by Crippen LogP contribution is -2.44. The van der Waals surface area contributed by atoms with Gasteiger partial charge in [-0.05, 0) is 160 Å². The van der Waals surface area contributed by atoms with Crippen LogP contribution in [0.25, 0.3) is 31.5 Å². The molecule has 2 saturated heterocycles. The highest BCUT2D eigenvalue weighted by Crippen LogP contribution is 2.45. The van der Waals surface area contributed by atoms with E-state index >= 15 is 8.78 Å². The smallest absolute Gasteiger partial charge is 0.475 e. The van der Waals surface area contributed by atoms with Crippen molar-refractivity contribution in [2.45, 2.75) is 117 Å². The average Bonchev–Trinajstić information content (AvgIpc) is 4.40. The number of rotatable bonds is 13. The molecular weight excluding hydrogens is 1060 g/mol. The van der Waals surface area contributed by atoms with Gasteiger partial charge in [0.15, 0.2) is 21.9 Å². The number of aliphatic hydroxyl groups is 1. The maximum atomic E-state index is 15.8. The fraction of sp³-hybridized carbons (Fsp3) is 0.400. The molecule has 0 atom stereocenters. The predicted molar refractivity (Wildman–Crippen MR) is 297 cm³/mol. The number of ether oxygens (including phenoxy) is 4. The molecule has 1 N–H and O–H groups in total. The third-order valence-corrected chi connectivity index (χ3v) is 14.0. The molecule has 408 valence electrons. The van der Waals surface area contributed by atoms with E-state index < -0.39 is 34.5 Å². The summed E-state index contributed by atoms with van der Waals surface area (Å²) in [6.45, 7) is 29.5. The molecule has 79 heavy (non-hydrogen) atoms. The number of carbonyl (C=O) groups excluding carboxylic acids is 3. The number of aryl methyl sites for hydroxylation is 2. The third-order valence-electron chi connectivity index (χ3n) is 13.2. The van der Waals surface area contributed by atoms with Crippen LogP contribution in [0.2, 0.25) is 0 Å².